The first-order chi connectivity index (χ1) is 13.2. The summed E-state index contributed by atoms with van der Waals surface area (Å²) in [7, 11) is 0. The third kappa shape index (κ3) is 12.6. The first-order valence-electron chi connectivity index (χ1n) is 11.7. The molecular formula is C23H44O4. The lowest BCUT2D eigenvalue weighted by Crippen LogP contribution is -2.47. The molecule has 0 aromatic heterocycles. The molecule has 0 aliphatic carbocycles. The molecule has 1 saturated heterocycles. The average Bonchev–Trinajstić information content (AvgIpc) is 2.68. The van der Waals surface area contributed by atoms with Gasteiger partial charge in [0.1, 0.15) is 13.2 Å². The van der Waals surface area contributed by atoms with Crippen LogP contribution in [-0.4, -0.2) is 31.6 Å². The molecule has 160 valence electrons. The Morgan fingerprint density at radius 3 is 1.67 bits per heavy atom. The molecule has 0 saturated carbocycles. The number of carbonyl (C=O) groups excluding carboxylic acids is 1. The quantitative estimate of drug-likeness (QED) is 0.251. The average molecular weight is 385 g/mol. The van der Waals surface area contributed by atoms with Crippen molar-refractivity contribution in [1.29, 1.82) is 0 Å². The van der Waals surface area contributed by atoms with Crippen LogP contribution in [-0.2, 0) is 19.0 Å². The standard InChI is InChI=1S/C23H44O4/c1-3-5-7-9-11-13-15-17-19-25-23(26-20-22(24)21-27-23)18-16-14-12-10-8-6-4-2/h3-21H2,1-2H3. The summed E-state index contributed by atoms with van der Waals surface area (Å²) in [6, 6.07) is 0. The second kappa shape index (κ2) is 16.5. The van der Waals surface area contributed by atoms with Crippen molar-refractivity contribution in [3.63, 3.8) is 0 Å². The van der Waals surface area contributed by atoms with Gasteiger partial charge in [0.05, 0.1) is 6.61 Å². The zero-order valence-corrected chi connectivity index (χ0v) is 18.1. The molecule has 4 heteroatoms. The highest BCUT2D eigenvalue weighted by atomic mass is 16.9. The van der Waals surface area contributed by atoms with Gasteiger partial charge in [-0.3, -0.25) is 4.79 Å². The Kier molecular flexibility index (Phi) is 15.0. The maximum absolute atomic E-state index is 11.4. The number of ketones is 1. The normalized spacial score (nSPS) is 16.7. The predicted octanol–water partition coefficient (Wildman–Crippen LogP) is 6.55. The molecule has 0 amide bonds. The molecule has 1 aliphatic heterocycles. The smallest absolute Gasteiger partial charge is 0.283 e. The summed E-state index contributed by atoms with van der Waals surface area (Å²) in [5, 5.41) is 0. The molecule has 27 heavy (non-hydrogen) atoms. The van der Waals surface area contributed by atoms with Crippen molar-refractivity contribution in [3.05, 3.63) is 0 Å². The van der Waals surface area contributed by atoms with Crippen LogP contribution >= 0.6 is 0 Å². The summed E-state index contributed by atoms with van der Waals surface area (Å²) in [5.41, 5.74) is 0. The van der Waals surface area contributed by atoms with E-state index in [0.29, 0.717) is 6.61 Å². The van der Waals surface area contributed by atoms with Crippen LogP contribution in [0.15, 0.2) is 0 Å². The topological polar surface area (TPSA) is 44.8 Å². The Hall–Kier alpha value is -0.450. The Morgan fingerprint density at radius 1 is 0.704 bits per heavy atom. The summed E-state index contributed by atoms with van der Waals surface area (Å²) in [6.07, 6.45) is 19.6. The van der Waals surface area contributed by atoms with Crippen LogP contribution < -0.4 is 0 Å². The second-order valence-electron chi connectivity index (χ2n) is 7.99. The molecule has 0 spiro atoms. The molecule has 1 fully saturated rings. The lowest BCUT2D eigenvalue weighted by atomic mass is 10.1. The minimum absolute atomic E-state index is 0.000805. The van der Waals surface area contributed by atoms with E-state index >= 15 is 0 Å². The fraction of sp³-hybridized carbons (Fsp3) is 0.957. The fourth-order valence-corrected chi connectivity index (χ4v) is 3.53. The minimum atomic E-state index is -0.974. The van der Waals surface area contributed by atoms with E-state index in [0.717, 1.165) is 19.3 Å². The van der Waals surface area contributed by atoms with Gasteiger partial charge in [0, 0.05) is 6.42 Å². The van der Waals surface area contributed by atoms with Gasteiger partial charge in [-0.1, -0.05) is 97.3 Å². The lowest BCUT2D eigenvalue weighted by molar-refractivity contribution is -0.389. The molecule has 0 N–H and O–H groups in total. The van der Waals surface area contributed by atoms with Crippen LogP contribution in [0.5, 0.6) is 0 Å². The molecule has 1 aliphatic rings. The Balaban J connectivity index is 2.15. The summed E-state index contributed by atoms with van der Waals surface area (Å²) >= 11 is 0. The van der Waals surface area contributed by atoms with Crippen LogP contribution in [0.1, 0.15) is 117 Å². The Bertz CT molecular complexity index is 346. The maximum atomic E-state index is 11.4. The number of ether oxygens (including phenoxy) is 3. The maximum Gasteiger partial charge on any atom is 0.283 e. The van der Waals surface area contributed by atoms with Gasteiger partial charge >= 0.3 is 0 Å². The molecule has 0 bridgehead atoms. The first-order valence-corrected chi connectivity index (χ1v) is 11.7. The number of Topliss-reactive ketones (excluding diaryl/α,β-unsaturated/α-hetero) is 1. The molecule has 0 aromatic carbocycles. The van der Waals surface area contributed by atoms with Crippen molar-refractivity contribution in [3.8, 4) is 0 Å². The number of hydrogen-bond acceptors (Lipinski definition) is 4. The monoisotopic (exact) mass is 384 g/mol. The molecule has 4 nitrogen and oxygen atoms in total. The van der Waals surface area contributed by atoms with Crippen LogP contribution in [0.25, 0.3) is 0 Å². The van der Waals surface area contributed by atoms with Gasteiger partial charge in [0.2, 0.25) is 0 Å². The van der Waals surface area contributed by atoms with Gasteiger partial charge in [-0.25, -0.2) is 0 Å². The van der Waals surface area contributed by atoms with E-state index in [2.05, 4.69) is 13.8 Å². The molecule has 0 aromatic rings. The molecular weight excluding hydrogens is 340 g/mol. The largest absolute Gasteiger partial charge is 0.327 e. The van der Waals surface area contributed by atoms with Crippen molar-refractivity contribution in [2.75, 3.05) is 19.8 Å². The van der Waals surface area contributed by atoms with Crippen molar-refractivity contribution < 1.29 is 19.0 Å². The number of carbonyl (C=O) groups is 1. The fourth-order valence-electron chi connectivity index (χ4n) is 3.53. The van der Waals surface area contributed by atoms with Gasteiger partial charge in [-0.05, 0) is 12.8 Å². The Labute approximate surface area is 167 Å². The van der Waals surface area contributed by atoms with E-state index in [-0.39, 0.29) is 19.0 Å². The third-order valence-electron chi connectivity index (χ3n) is 5.31. The molecule has 1 heterocycles. The zero-order valence-electron chi connectivity index (χ0n) is 18.1. The highest BCUT2D eigenvalue weighted by Crippen LogP contribution is 2.27. The Morgan fingerprint density at radius 2 is 1.15 bits per heavy atom. The van der Waals surface area contributed by atoms with Gasteiger partial charge in [-0.2, -0.15) is 0 Å². The van der Waals surface area contributed by atoms with Gasteiger partial charge in [-0.15, -0.1) is 0 Å². The van der Waals surface area contributed by atoms with E-state index in [1.165, 1.54) is 83.5 Å². The first kappa shape index (κ1) is 24.6. The van der Waals surface area contributed by atoms with Crippen molar-refractivity contribution in [1.82, 2.24) is 0 Å². The summed E-state index contributed by atoms with van der Waals surface area (Å²) < 4.78 is 17.4. The van der Waals surface area contributed by atoms with Crippen LogP contribution in [0.4, 0.5) is 0 Å². The van der Waals surface area contributed by atoms with E-state index in [9.17, 15) is 4.79 Å². The second-order valence-corrected chi connectivity index (χ2v) is 7.99. The summed E-state index contributed by atoms with van der Waals surface area (Å²) in [5.74, 6) is -0.973. The van der Waals surface area contributed by atoms with Gasteiger partial charge < -0.3 is 14.2 Å². The zero-order chi connectivity index (χ0) is 19.6. The number of unbranched alkanes of at least 4 members (excludes halogenated alkanes) is 13. The summed E-state index contributed by atoms with van der Waals surface area (Å²) in [6.45, 7) is 5.39. The van der Waals surface area contributed by atoms with Crippen LogP contribution in [0.2, 0.25) is 0 Å². The lowest BCUT2D eigenvalue weighted by Gasteiger charge is -2.36. The minimum Gasteiger partial charge on any atom is -0.327 e. The van der Waals surface area contributed by atoms with E-state index in [1.807, 2.05) is 0 Å². The molecule has 0 atom stereocenters. The molecule has 0 unspecified atom stereocenters. The predicted molar refractivity (Wildman–Crippen MR) is 111 cm³/mol. The van der Waals surface area contributed by atoms with Crippen molar-refractivity contribution >= 4 is 5.78 Å². The molecule has 1 rings (SSSR count). The number of rotatable bonds is 18. The van der Waals surface area contributed by atoms with E-state index in [4.69, 9.17) is 14.2 Å². The van der Waals surface area contributed by atoms with Crippen molar-refractivity contribution in [2.45, 2.75) is 123 Å². The van der Waals surface area contributed by atoms with Crippen molar-refractivity contribution in [2.24, 2.45) is 0 Å². The van der Waals surface area contributed by atoms with Gasteiger partial charge in [0.25, 0.3) is 5.97 Å². The highest BCUT2D eigenvalue weighted by molar-refractivity contribution is 5.81. The van der Waals surface area contributed by atoms with Gasteiger partial charge in [0.15, 0.2) is 5.78 Å². The molecule has 0 radical (unpaired) electrons. The van der Waals surface area contributed by atoms with E-state index in [1.54, 1.807) is 0 Å². The summed E-state index contributed by atoms with van der Waals surface area (Å²) in [4.78, 5) is 11.4. The highest BCUT2D eigenvalue weighted by Gasteiger charge is 2.37. The van der Waals surface area contributed by atoms with Crippen LogP contribution in [0, 0.1) is 0 Å². The van der Waals surface area contributed by atoms with Crippen LogP contribution in [0.3, 0.4) is 0 Å². The third-order valence-corrected chi connectivity index (χ3v) is 5.31. The number of hydrogen-bond donors (Lipinski definition) is 0. The van der Waals surface area contributed by atoms with E-state index < -0.39 is 5.97 Å². The SMILES string of the molecule is CCCCCCCCCCOC1(CCCCCCCCC)OCC(=O)CO1.